The van der Waals surface area contributed by atoms with E-state index in [0.29, 0.717) is 0 Å². The quantitative estimate of drug-likeness (QED) is 0.372. The Kier molecular flexibility index (Phi) is 9.60. The van der Waals surface area contributed by atoms with Crippen LogP contribution in [0.15, 0.2) is 0 Å². The molecule has 0 aliphatic heterocycles. The van der Waals surface area contributed by atoms with Gasteiger partial charge in [-0.2, -0.15) is 0 Å². The fourth-order valence-corrected chi connectivity index (χ4v) is 1.19. The molecule has 0 aromatic carbocycles. The maximum absolute atomic E-state index is 11.5. The lowest BCUT2D eigenvalue weighted by atomic mass is 10.2. The molecular formula is C14H23N3O8. The van der Waals surface area contributed by atoms with E-state index in [9.17, 15) is 24.0 Å². The number of carbonyl (C=O) groups excluding carboxylic acids is 5. The Bertz CT molecular complexity index is 513. The Labute approximate surface area is 144 Å². The summed E-state index contributed by atoms with van der Waals surface area (Å²) in [6, 6.07) is 0. The summed E-state index contributed by atoms with van der Waals surface area (Å²) in [5.74, 6) is -1.87. The molecule has 0 radical (unpaired) electrons. The largest absolute Gasteiger partial charge is 0.468 e. The fourth-order valence-electron chi connectivity index (χ4n) is 1.19. The van der Waals surface area contributed by atoms with Gasteiger partial charge in [-0.1, -0.05) is 0 Å². The second-order valence-electron chi connectivity index (χ2n) is 5.68. The second-order valence-corrected chi connectivity index (χ2v) is 5.68. The average molecular weight is 361 g/mol. The van der Waals surface area contributed by atoms with Crippen LogP contribution < -0.4 is 16.0 Å². The number of Topliss-reactive ketones (excluding diaryl/α,β-unsaturated/α-hetero) is 1. The van der Waals surface area contributed by atoms with Crippen molar-refractivity contribution in [2.24, 2.45) is 0 Å². The van der Waals surface area contributed by atoms with E-state index >= 15 is 0 Å². The molecule has 11 nitrogen and oxygen atoms in total. The minimum absolute atomic E-state index is 0.372. The van der Waals surface area contributed by atoms with Gasteiger partial charge in [-0.15, -0.1) is 0 Å². The SMILES string of the molecule is COC(=O)CNC(=O)OCC(=O)CNC(=O)CNC(=O)OC(C)(C)C. The highest BCUT2D eigenvalue weighted by Gasteiger charge is 2.17. The molecule has 0 bridgehead atoms. The van der Waals surface area contributed by atoms with Crippen molar-refractivity contribution in [2.75, 3.05) is 33.4 Å². The highest BCUT2D eigenvalue weighted by molar-refractivity contribution is 5.89. The number of hydrogen-bond acceptors (Lipinski definition) is 8. The number of esters is 1. The predicted octanol–water partition coefficient (Wildman–Crippen LogP) is -0.904. The monoisotopic (exact) mass is 361 g/mol. The van der Waals surface area contributed by atoms with Gasteiger partial charge in [0.25, 0.3) is 0 Å². The van der Waals surface area contributed by atoms with Crippen molar-refractivity contribution in [3.8, 4) is 0 Å². The summed E-state index contributed by atoms with van der Waals surface area (Å²) < 4.78 is 13.8. The van der Waals surface area contributed by atoms with Crippen LogP contribution in [0.1, 0.15) is 20.8 Å². The van der Waals surface area contributed by atoms with Crippen molar-refractivity contribution in [3.05, 3.63) is 0 Å². The van der Waals surface area contributed by atoms with E-state index in [1.54, 1.807) is 20.8 Å². The topological polar surface area (TPSA) is 149 Å². The van der Waals surface area contributed by atoms with Crippen LogP contribution in [0.5, 0.6) is 0 Å². The van der Waals surface area contributed by atoms with Crippen molar-refractivity contribution in [1.29, 1.82) is 0 Å². The zero-order chi connectivity index (χ0) is 19.5. The van der Waals surface area contributed by atoms with Crippen molar-refractivity contribution in [2.45, 2.75) is 26.4 Å². The van der Waals surface area contributed by atoms with Gasteiger partial charge >= 0.3 is 18.2 Å². The van der Waals surface area contributed by atoms with Gasteiger partial charge in [-0.05, 0) is 20.8 Å². The lowest BCUT2D eigenvalue weighted by molar-refractivity contribution is -0.139. The maximum Gasteiger partial charge on any atom is 0.408 e. The Morgan fingerprint density at radius 3 is 2.00 bits per heavy atom. The molecule has 0 unspecified atom stereocenters. The zero-order valence-electron chi connectivity index (χ0n) is 14.6. The van der Waals surface area contributed by atoms with Crippen LogP contribution in [0, 0.1) is 0 Å². The average Bonchev–Trinajstić information content (AvgIpc) is 2.52. The van der Waals surface area contributed by atoms with E-state index in [0.717, 1.165) is 7.11 Å². The molecule has 0 saturated carbocycles. The third-order valence-corrected chi connectivity index (χ3v) is 2.24. The summed E-state index contributed by atoms with van der Waals surface area (Å²) in [7, 11) is 1.15. The first kappa shape index (κ1) is 22.1. The summed E-state index contributed by atoms with van der Waals surface area (Å²) in [5, 5.41) is 6.53. The zero-order valence-corrected chi connectivity index (χ0v) is 14.6. The molecule has 0 fully saturated rings. The van der Waals surface area contributed by atoms with E-state index in [4.69, 9.17) is 4.74 Å². The number of alkyl carbamates (subject to hydrolysis) is 2. The van der Waals surface area contributed by atoms with Gasteiger partial charge in [0.2, 0.25) is 5.91 Å². The molecule has 0 aromatic heterocycles. The van der Waals surface area contributed by atoms with Gasteiger partial charge in [0, 0.05) is 0 Å². The molecule has 0 aliphatic carbocycles. The van der Waals surface area contributed by atoms with E-state index in [-0.39, 0.29) is 13.1 Å². The first-order chi connectivity index (χ1) is 11.5. The smallest absolute Gasteiger partial charge is 0.408 e. The van der Waals surface area contributed by atoms with Crippen LogP contribution in [0.2, 0.25) is 0 Å². The summed E-state index contributed by atoms with van der Waals surface area (Å²) in [6.07, 6.45) is -1.74. The van der Waals surface area contributed by atoms with Crippen LogP contribution in [0.25, 0.3) is 0 Å². The van der Waals surface area contributed by atoms with Gasteiger partial charge in [-0.25, -0.2) is 9.59 Å². The minimum atomic E-state index is -0.975. The minimum Gasteiger partial charge on any atom is -0.468 e. The third kappa shape index (κ3) is 13.3. The fraction of sp³-hybridized carbons (Fsp3) is 0.643. The molecule has 0 rings (SSSR count). The lowest BCUT2D eigenvalue weighted by Crippen LogP contribution is -2.41. The summed E-state index contributed by atoms with van der Waals surface area (Å²) in [6.45, 7) is 3.27. The molecule has 0 atom stereocenters. The second kappa shape index (κ2) is 10.8. The van der Waals surface area contributed by atoms with Crippen LogP contribution >= 0.6 is 0 Å². The standard InChI is InChI=1S/C14H23N3O8/c1-14(2,3)25-13(22)16-6-10(19)15-5-9(18)8-24-12(21)17-7-11(20)23-4/h5-8H2,1-4H3,(H,15,19)(H,16,22)(H,17,21). The molecule has 11 heteroatoms. The van der Waals surface area contributed by atoms with Crippen LogP contribution in [0.3, 0.4) is 0 Å². The van der Waals surface area contributed by atoms with Gasteiger partial charge in [0.05, 0.1) is 13.7 Å². The summed E-state index contributed by atoms with van der Waals surface area (Å²) in [4.78, 5) is 56.2. The van der Waals surface area contributed by atoms with Gasteiger partial charge in [0.15, 0.2) is 12.4 Å². The molecule has 0 heterocycles. The number of rotatable bonds is 8. The number of amides is 3. The molecular weight excluding hydrogens is 338 g/mol. The number of methoxy groups -OCH3 is 1. The van der Waals surface area contributed by atoms with Gasteiger partial charge in [0.1, 0.15) is 18.7 Å². The summed E-state index contributed by atoms with van der Waals surface area (Å²) in [5.41, 5.74) is -0.692. The Morgan fingerprint density at radius 1 is 0.840 bits per heavy atom. The molecule has 3 N–H and O–H groups in total. The number of ether oxygens (including phenoxy) is 3. The van der Waals surface area contributed by atoms with Crippen LogP contribution in [-0.2, 0) is 28.6 Å². The van der Waals surface area contributed by atoms with Crippen molar-refractivity contribution >= 4 is 29.8 Å². The highest BCUT2D eigenvalue weighted by Crippen LogP contribution is 2.05. The van der Waals surface area contributed by atoms with Crippen molar-refractivity contribution in [3.63, 3.8) is 0 Å². The number of nitrogens with one attached hydrogen (secondary N) is 3. The van der Waals surface area contributed by atoms with Crippen molar-refractivity contribution in [1.82, 2.24) is 16.0 Å². The molecule has 25 heavy (non-hydrogen) atoms. The highest BCUT2D eigenvalue weighted by atomic mass is 16.6. The lowest BCUT2D eigenvalue weighted by Gasteiger charge is -2.19. The van der Waals surface area contributed by atoms with E-state index in [1.165, 1.54) is 0 Å². The molecule has 0 saturated heterocycles. The van der Waals surface area contributed by atoms with Crippen LogP contribution in [0.4, 0.5) is 9.59 Å². The first-order valence-electron chi connectivity index (χ1n) is 7.26. The van der Waals surface area contributed by atoms with E-state index in [2.05, 4.69) is 25.4 Å². The maximum atomic E-state index is 11.5. The van der Waals surface area contributed by atoms with Crippen molar-refractivity contribution < 1.29 is 38.2 Å². The number of ketones is 1. The third-order valence-electron chi connectivity index (χ3n) is 2.24. The Morgan fingerprint density at radius 2 is 1.44 bits per heavy atom. The molecule has 0 aromatic rings. The first-order valence-corrected chi connectivity index (χ1v) is 7.26. The Balaban J connectivity index is 3.87. The normalized spacial score (nSPS) is 10.2. The molecule has 0 aliphatic rings. The van der Waals surface area contributed by atoms with E-state index in [1.807, 2.05) is 0 Å². The predicted molar refractivity (Wildman–Crippen MR) is 83.6 cm³/mol. The van der Waals surface area contributed by atoms with Crippen LogP contribution in [-0.4, -0.2) is 68.8 Å². The molecule has 0 spiro atoms. The van der Waals surface area contributed by atoms with Gasteiger partial charge in [-0.3, -0.25) is 14.4 Å². The molecule has 3 amide bonds. The number of carbonyl (C=O) groups is 5. The number of hydrogen-bond donors (Lipinski definition) is 3. The Hall–Kier alpha value is -2.85. The van der Waals surface area contributed by atoms with E-state index < -0.39 is 48.6 Å². The molecule has 142 valence electrons. The summed E-state index contributed by atoms with van der Waals surface area (Å²) >= 11 is 0. The van der Waals surface area contributed by atoms with Gasteiger partial charge < -0.3 is 30.2 Å².